The van der Waals surface area contributed by atoms with Gasteiger partial charge in [-0.05, 0) is 37.5 Å². The van der Waals surface area contributed by atoms with Gasteiger partial charge in [0.25, 0.3) is 0 Å². The molecule has 134 valence electrons. The zero-order chi connectivity index (χ0) is 17.8. The normalized spacial score (nSPS) is 17.1. The lowest BCUT2D eigenvalue weighted by Gasteiger charge is -2.14. The maximum absolute atomic E-state index is 11.8. The number of carboxylic acids is 1. The highest BCUT2D eigenvalue weighted by atomic mass is 16.5. The summed E-state index contributed by atoms with van der Waals surface area (Å²) in [5.41, 5.74) is 1.69. The predicted octanol–water partition coefficient (Wildman–Crippen LogP) is 2.33. The van der Waals surface area contributed by atoms with Gasteiger partial charge in [0.1, 0.15) is 5.82 Å². The summed E-state index contributed by atoms with van der Waals surface area (Å²) in [5.74, 6) is -0.268. The molecule has 1 unspecified atom stereocenters. The molecule has 0 radical (unpaired) electrons. The lowest BCUT2D eigenvalue weighted by atomic mass is 10.2. The van der Waals surface area contributed by atoms with Crippen molar-refractivity contribution in [2.45, 2.75) is 51.8 Å². The third kappa shape index (κ3) is 3.99. The second-order valence-corrected chi connectivity index (χ2v) is 6.31. The van der Waals surface area contributed by atoms with E-state index in [0.29, 0.717) is 25.0 Å². The molecule has 1 saturated heterocycles. The number of aromatic nitrogens is 2. The van der Waals surface area contributed by atoms with E-state index in [0.717, 1.165) is 37.2 Å². The summed E-state index contributed by atoms with van der Waals surface area (Å²) in [7, 11) is 0. The lowest BCUT2D eigenvalue weighted by Crippen LogP contribution is -2.25. The predicted molar refractivity (Wildman–Crippen MR) is 92.4 cm³/mol. The van der Waals surface area contributed by atoms with E-state index in [-0.39, 0.29) is 17.6 Å². The number of hydrogen-bond donors (Lipinski definition) is 2. The summed E-state index contributed by atoms with van der Waals surface area (Å²) < 4.78 is 7.76. The average Bonchev–Trinajstić information content (AvgIpc) is 3.21. The van der Waals surface area contributed by atoms with E-state index in [4.69, 9.17) is 4.74 Å². The largest absolute Gasteiger partial charge is 0.478 e. The van der Waals surface area contributed by atoms with Crippen molar-refractivity contribution in [2.24, 2.45) is 0 Å². The number of aromatic carboxylic acids is 1. The first-order valence-corrected chi connectivity index (χ1v) is 8.69. The van der Waals surface area contributed by atoms with Crippen molar-refractivity contribution >= 4 is 22.9 Å². The molecule has 2 heterocycles. The van der Waals surface area contributed by atoms with Crippen LogP contribution in [-0.4, -0.2) is 39.2 Å². The van der Waals surface area contributed by atoms with Crippen molar-refractivity contribution in [1.29, 1.82) is 0 Å². The van der Waals surface area contributed by atoms with Gasteiger partial charge in [-0.2, -0.15) is 0 Å². The van der Waals surface area contributed by atoms with Crippen LogP contribution in [0.1, 0.15) is 48.8 Å². The van der Waals surface area contributed by atoms with Gasteiger partial charge in [0.2, 0.25) is 5.91 Å². The van der Waals surface area contributed by atoms with Gasteiger partial charge in [-0.15, -0.1) is 0 Å². The fourth-order valence-electron chi connectivity index (χ4n) is 3.14. The number of ether oxygens (including phenoxy) is 1. The van der Waals surface area contributed by atoms with Gasteiger partial charge in [-0.3, -0.25) is 4.79 Å². The summed E-state index contributed by atoms with van der Waals surface area (Å²) in [6, 6.07) is 4.93. The van der Waals surface area contributed by atoms with E-state index in [1.165, 1.54) is 0 Å². The van der Waals surface area contributed by atoms with Crippen LogP contribution < -0.4 is 5.32 Å². The van der Waals surface area contributed by atoms with Crippen LogP contribution in [0.25, 0.3) is 11.0 Å². The summed E-state index contributed by atoms with van der Waals surface area (Å²) >= 11 is 0. The fraction of sp³-hybridized carbons (Fsp3) is 0.500. The highest BCUT2D eigenvalue weighted by Crippen LogP contribution is 2.22. The van der Waals surface area contributed by atoms with Crippen LogP contribution in [0.4, 0.5) is 0 Å². The summed E-state index contributed by atoms with van der Waals surface area (Å²) in [6.45, 7) is 3.70. The van der Waals surface area contributed by atoms with Crippen molar-refractivity contribution in [1.82, 2.24) is 14.9 Å². The van der Waals surface area contributed by atoms with Gasteiger partial charge in [-0.1, -0.05) is 6.92 Å². The van der Waals surface area contributed by atoms with E-state index in [9.17, 15) is 14.7 Å². The molecular weight excluding hydrogens is 322 g/mol. The van der Waals surface area contributed by atoms with Gasteiger partial charge in [0.15, 0.2) is 0 Å². The number of amides is 1. The van der Waals surface area contributed by atoms with E-state index < -0.39 is 5.97 Å². The Balaban J connectivity index is 1.90. The van der Waals surface area contributed by atoms with E-state index in [1.807, 2.05) is 11.5 Å². The van der Waals surface area contributed by atoms with Crippen LogP contribution in [0.2, 0.25) is 0 Å². The Morgan fingerprint density at radius 1 is 1.44 bits per heavy atom. The minimum absolute atomic E-state index is 0.00977. The highest BCUT2D eigenvalue weighted by Gasteiger charge is 2.20. The second-order valence-electron chi connectivity index (χ2n) is 6.31. The molecule has 2 aromatic rings. The minimum Gasteiger partial charge on any atom is -0.478 e. The molecule has 1 amide bonds. The van der Waals surface area contributed by atoms with Crippen LogP contribution in [0.5, 0.6) is 0 Å². The molecule has 2 N–H and O–H groups in total. The van der Waals surface area contributed by atoms with Gasteiger partial charge in [-0.25, -0.2) is 9.78 Å². The van der Waals surface area contributed by atoms with Crippen molar-refractivity contribution < 1.29 is 19.4 Å². The molecule has 1 aromatic heterocycles. The second kappa shape index (κ2) is 7.65. The van der Waals surface area contributed by atoms with Gasteiger partial charge in [0, 0.05) is 13.0 Å². The summed E-state index contributed by atoms with van der Waals surface area (Å²) in [5, 5.41) is 12.1. The van der Waals surface area contributed by atoms with Gasteiger partial charge in [0.05, 0.1) is 35.8 Å². The van der Waals surface area contributed by atoms with E-state index >= 15 is 0 Å². The number of carbonyl (C=O) groups is 2. The zero-order valence-electron chi connectivity index (χ0n) is 14.3. The van der Waals surface area contributed by atoms with E-state index in [2.05, 4.69) is 10.3 Å². The first-order valence-electron chi connectivity index (χ1n) is 8.69. The molecule has 1 fully saturated rings. The van der Waals surface area contributed by atoms with Crippen LogP contribution in [-0.2, 0) is 22.6 Å². The number of benzene rings is 1. The maximum atomic E-state index is 11.8. The molecular formula is C18H23N3O4. The Morgan fingerprint density at radius 3 is 2.96 bits per heavy atom. The Bertz CT molecular complexity index is 778. The molecule has 1 atom stereocenters. The number of imidazole rings is 1. The quantitative estimate of drug-likeness (QED) is 0.803. The number of carboxylic acid groups (broad SMARTS) is 1. The Kier molecular flexibility index (Phi) is 5.33. The van der Waals surface area contributed by atoms with Crippen molar-refractivity contribution in [3.05, 3.63) is 29.6 Å². The molecule has 7 heteroatoms. The standard InChI is InChI=1S/C18H23N3O4/c1-2-4-17(22)19-10-16-20-14-9-12(18(23)24)6-7-15(14)21(16)11-13-5-3-8-25-13/h6-7,9,13H,2-5,8,10-11H2,1H3,(H,19,22)(H,23,24). The SMILES string of the molecule is CCCC(=O)NCc1nc2cc(C(=O)O)ccc2n1CC1CCCO1. The number of carbonyl (C=O) groups excluding carboxylic acids is 1. The highest BCUT2D eigenvalue weighted by molar-refractivity contribution is 5.92. The fourth-order valence-corrected chi connectivity index (χ4v) is 3.14. The van der Waals surface area contributed by atoms with Crippen LogP contribution in [0, 0.1) is 0 Å². The van der Waals surface area contributed by atoms with Crippen molar-refractivity contribution in [3.8, 4) is 0 Å². The smallest absolute Gasteiger partial charge is 0.335 e. The van der Waals surface area contributed by atoms with Crippen LogP contribution in [0.15, 0.2) is 18.2 Å². The molecule has 0 spiro atoms. The van der Waals surface area contributed by atoms with Crippen molar-refractivity contribution in [2.75, 3.05) is 6.61 Å². The van der Waals surface area contributed by atoms with E-state index in [1.54, 1.807) is 18.2 Å². The Morgan fingerprint density at radius 2 is 2.28 bits per heavy atom. The molecule has 25 heavy (non-hydrogen) atoms. The minimum atomic E-state index is -0.978. The molecule has 0 saturated carbocycles. The average molecular weight is 345 g/mol. The molecule has 1 aromatic carbocycles. The maximum Gasteiger partial charge on any atom is 0.335 e. The third-order valence-corrected chi connectivity index (χ3v) is 4.41. The Hall–Kier alpha value is -2.41. The number of nitrogens with one attached hydrogen (secondary N) is 1. The number of fused-ring (bicyclic) bond motifs is 1. The number of hydrogen-bond acceptors (Lipinski definition) is 4. The Labute approximate surface area is 146 Å². The summed E-state index contributed by atoms with van der Waals surface area (Å²) in [6.07, 6.45) is 3.44. The van der Waals surface area contributed by atoms with Crippen molar-refractivity contribution in [3.63, 3.8) is 0 Å². The van der Waals surface area contributed by atoms with Crippen LogP contribution >= 0.6 is 0 Å². The zero-order valence-corrected chi connectivity index (χ0v) is 14.3. The molecule has 3 rings (SSSR count). The first kappa shape index (κ1) is 17.4. The van der Waals surface area contributed by atoms with Gasteiger partial charge >= 0.3 is 5.97 Å². The molecule has 1 aliphatic rings. The number of rotatable bonds is 7. The monoisotopic (exact) mass is 345 g/mol. The molecule has 0 bridgehead atoms. The van der Waals surface area contributed by atoms with Crippen LogP contribution in [0.3, 0.4) is 0 Å². The van der Waals surface area contributed by atoms with Gasteiger partial charge < -0.3 is 19.7 Å². The first-order chi connectivity index (χ1) is 12.1. The third-order valence-electron chi connectivity index (χ3n) is 4.41. The molecule has 0 aliphatic carbocycles. The topological polar surface area (TPSA) is 93.5 Å². The number of nitrogens with zero attached hydrogens (tertiary/aromatic N) is 2. The molecule has 7 nitrogen and oxygen atoms in total. The molecule has 1 aliphatic heterocycles. The summed E-state index contributed by atoms with van der Waals surface area (Å²) in [4.78, 5) is 27.5. The lowest BCUT2D eigenvalue weighted by molar-refractivity contribution is -0.121.